The summed E-state index contributed by atoms with van der Waals surface area (Å²) in [4.78, 5) is 16.5. The Balaban J connectivity index is 3.06. The summed E-state index contributed by atoms with van der Waals surface area (Å²) in [5.74, 6) is -0.480. The summed E-state index contributed by atoms with van der Waals surface area (Å²) in [5.41, 5.74) is 0. The van der Waals surface area contributed by atoms with Crippen LogP contribution >= 0.6 is 12.8 Å². The molecule has 0 aliphatic rings. The topological polar surface area (TPSA) is 47.6 Å². The van der Waals surface area contributed by atoms with Gasteiger partial charge in [0.05, 0.1) is 0 Å². The smallest absolute Gasteiger partial charge is 0.351 e. The van der Waals surface area contributed by atoms with Crippen molar-refractivity contribution in [3.8, 4) is 0 Å². The molecule has 1 N–H and O–H groups in total. The van der Waals surface area contributed by atoms with Gasteiger partial charge in [-0.15, -0.1) is 0 Å². The summed E-state index contributed by atoms with van der Waals surface area (Å²) in [6.07, 6.45) is 0. The van der Waals surface area contributed by atoms with E-state index in [0.29, 0.717) is 6.61 Å². The largest absolute Gasteiger partial charge is 0.370 e. The monoisotopic (exact) mass is 151 g/mol. The highest BCUT2D eigenvalue weighted by molar-refractivity contribution is 7.77. The number of ether oxygens (including phenoxy) is 1. The van der Waals surface area contributed by atoms with Crippen LogP contribution in [0.15, 0.2) is 0 Å². The van der Waals surface area contributed by atoms with Gasteiger partial charge in [-0.2, -0.15) is 0 Å². The van der Waals surface area contributed by atoms with E-state index in [9.17, 15) is 4.79 Å². The Bertz CT molecular complexity index is 87.9. The van der Waals surface area contributed by atoms with Gasteiger partial charge in [0, 0.05) is 6.61 Å². The van der Waals surface area contributed by atoms with Crippen LogP contribution in [0.2, 0.25) is 0 Å². The average Bonchev–Trinajstić information content (AvgIpc) is 1.85. The van der Waals surface area contributed by atoms with Crippen LogP contribution < -0.4 is 4.89 Å². The lowest BCUT2D eigenvalue weighted by atomic mass is 10.7. The molecular formula is C4H9NO3S. The number of hydrogen-bond donors (Lipinski definition) is 2. The normalized spacial score (nSPS) is 9.11. The number of rotatable bonds is 4. The summed E-state index contributed by atoms with van der Waals surface area (Å²) in [6.45, 7) is 2.26. The summed E-state index contributed by atoms with van der Waals surface area (Å²) in [6, 6.07) is 0. The van der Waals surface area contributed by atoms with Gasteiger partial charge in [-0.05, 0) is 6.92 Å². The van der Waals surface area contributed by atoms with Gasteiger partial charge in [0.15, 0.2) is 0 Å². The highest BCUT2D eigenvalue weighted by atomic mass is 32.1. The first-order valence-electron chi connectivity index (χ1n) is 2.47. The molecule has 0 rings (SSSR count). The molecule has 0 bridgehead atoms. The van der Waals surface area contributed by atoms with Crippen LogP contribution in [-0.2, 0) is 14.4 Å². The molecule has 0 saturated heterocycles. The lowest BCUT2D eigenvalue weighted by Crippen LogP contribution is -2.16. The van der Waals surface area contributed by atoms with Crippen molar-refractivity contribution in [3.05, 3.63) is 0 Å². The first kappa shape index (κ1) is 8.74. The van der Waals surface area contributed by atoms with Crippen LogP contribution in [0.3, 0.4) is 0 Å². The number of hydrogen-bond acceptors (Lipinski definition) is 5. The van der Waals surface area contributed by atoms with Crippen LogP contribution in [0.1, 0.15) is 6.92 Å². The SMILES string of the molecule is CCOCC(=O)ONS. The molecule has 54 valence electrons. The third kappa shape index (κ3) is 5.61. The van der Waals surface area contributed by atoms with Crippen LogP contribution in [0.4, 0.5) is 0 Å². The van der Waals surface area contributed by atoms with E-state index >= 15 is 0 Å². The summed E-state index contributed by atoms with van der Waals surface area (Å²) >= 11 is 3.43. The third-order valence-electron chi connectivity index (χ3n) is 0.584. The Morgan fingerprint density at radius 3 is 2.89 bits per heavy atom. The lowest BCUT2D eigenvalue weighted by molar-refractivity contribution is -0.151. The van der Waals surface area contributed by atoms with Crippen molar-refractivity contribution in [3.63, 3.8) is 0 Å². The summed E-state index contributed by atoms with van der Waals surface area (Å²) in [7, 11) is 0. The molecule has 0 spiro atoms. The second-order valence-electron chi connectivity index (χ2n) is 1.20. The van der Waals surface area contributed by atoms with E-state index in [0.717, 1.165) is 0 Å². The van der Waals surface area contributed by atoms with Crippen molar-refractivity contribution in [2.75, 3.05) is 13.2 Å². The molecular weight excluding hydrogens is 142 g/mol. The molecule has 0 aliphatic carbocycles. The van der Waals surface area contributed by atoms with E-state index in [1.165, 1.54) is 0 Å². The van der Waals surface area contributed by atoms with E-state index in [4.69, 9.17) is 4.74 Å². The molecule has 0 saturated carbocycles. The predicted molar refractivity (Wildman–Crippen MR) is 34.7 cm³/mol. The van der Waals surface area contributed by atoms with Crippen molar-refractivity contribution in [2.24, 2.45) is 0 Å². The molecule has 0 aromatic rings. The van der Waals surface area contributed by atoms with Gasteiger partial charge in [0.1, 0.15) is 6.61 Å². The maximum absolute atomic E-state index is 10.3. The number of carbonyl (C=O) groups excluding carboxylic acids is 1. The van der Waals surface area contributed by atoms with E-state index in [2.05, 4.69) is 17.7 Å². The van der Waals surface area contributed by atoms with Crippen LogP contribution in [0.5, 0.6) is 0 Å². The Labute approximate surface area is 59.0 Å². The van der Waals surface area contributed by atoms with Gasteiger partial charge in [-0.1, -0.05) is 17.7 Å². The Morgan fingerprint density at radius 1 is 1.78 bits per heavy atom. The van der Waals surface area contributed by atoms with Gasteiger partial charge in [-0.3, -0.25) is 0 Å². The van der Waals surface area contributed by atoms with Crippen LogP contribution in [-0.4, -0.2) is 19.2 Å². The second kappa shape index (κ2) is 5.87. The van der Waals surface area contributed by atoms with Crippen molar-refractivity contribution >= 4 is 18.8 Å². The molecule has 0 aromatic heterocycles. The zero-order valence-electron chi connectivity index (χ0n) is 5.09. The fraction of sp³-hybridized carbons (Fsp3) is 0.750. The first-order chi connectivity index (χ1) is 4.31. The molecule has 4 nitrogen and oxygen atoms in total. The molecule has 0 heterocycles. The molecule has 9 heavy (non-hydrogen) atoms. The maximum Gasteiger partial charge on any atom is 0.351 e. The molecule has 0 atom stereocenters. The van der Waals surface area contributed by atoms with Gasteiger partial charge >= 0.3 is 5.97 Å². The minimum Gasteiger partial charge on any atom is -0.370 e. The number of carbonyl (C=O) groups is 1. The van der Waals surface area contributed by atoms with E-state index in [1.54, 1.807) is 6.92 Å². The fourth-order valence-electron chi connectivity index (χ4n) is 0.266. The quantitative estimate of drug-likeness (QED) is 0.435. The second-order valence-corrected chi connectivity index (χ2v) is 1.39. The van der Waals surface area contributed by atoms with Gasteiger partial charge in [0.2, 0.25) is 0 Å². The van der Waals surface area contributed by atoms with Gasteiger partial charge < -0.3 is 9.57 Å². The summed E-state index contributed by atoms with van der Waals surface area (Å²) < 4.78 is 4.70. The van der Waals surface area contributed by atoms with Gasteiger partial charge in [-0.25, -0.2) is 4.79 Å². The number of thiol groups is 1. The van der Waals surface area contributed by atoms with Crippen molar-refractivity contribution < 1.29 is 14.4 Å². The average molecular weight is 151 g/mol. The van der Waals surface area contributed by atoms with Crippen LogP contribution in [0, 0.1) is 0 Å². The van der Waals surface area contributed by atoms with Gasteiger partial charge in [0.25, 0.3) is 0 Å². The van der Waals surface area contributed by atoms with E-state index < -0.39 is 5.97 Å². The zero-order valence-corrected chi connectivity index (χ0v) is 5.98. The molecule has 0 amide bonds. The number of nitrogens with one attached hydrogen (secondary N) is 1. The van der Waals surface area contributed by atoms with Crippen molar-refractivity contribution in [2.45, 2.75) is 6.92 Å². The molecule has 0 fully saturated rings. The first-order valence-corrected chi connectivity index (χ1v) is 2.92. The molecule has 0 aromatic carbocycles. The van der Waals surface area contributed by atoms with E-state index in [1.807, 2.05) is 4.89 Å². The molecule has 0 radical (unpaired) electrons. The zero-order chi connectivity index (χ0) is 7.11. The van der Waals surface area contributed by atoms with E-state index in [-0.39, 0.29) is 6.61 Å². The molecule has 0 unspecified atom stereocenters. The fourth-order valence-corrected chi connectivity index (χ4v) is 0.368. The van der Waals surface area contributed by atoms with Crippen molar-refractivity contribution in [1.82, 2.24) is 4.89 Å². The third-order valence-corrected chi connectivity index (χ3v) is 0.675. The molecule has 0 aliphatic heterocycles. The maximum atomic E-state index is 10.3. The minimum atomic E-state index is -0.480. The summed E-state index contributed by atoms with van der Waals surface area (Å²) in [5, 5.41) is 0. The lowest BCUT2D eigenvalue weighted by Gasteiger charge is -1.98. The highest BCUT2D eigenvalue weighted by Crippen LogP contribution is 1.77. The standard InChI is InChI=1S/C4H9NO3S/c1-2-7-3-4(6)8-5-9/h5,9H,2-3H2,1H3. The highest BCUT2D eigenvalue weighted by Gasteiger charge is 1.98. The Hall–Kier alpha value is -0.260. The molecule has 5 heteroatoms. The minimum absolute atomic E-state index is 0.0376. The predicted octanol–water partition coefficient (Wildman–Crippen LogP) is -0.0845. The Morgan fingerprint density at radius 2 is 2.44 bits per heavy atom. The Kier molecular flexibility index (Phi) is 5.70. The van der Waals surface area contributed by atoms with Crippen molar-refractivity contribution in [1.29, 1.82) is 0 Å². The van der Waals surface area contributed by atoms with Crippen LogP contribution in [0.25, 0.3) is 0 Å².